The zero-order chi connectivity index (χ0) is 12.1. The number of nitrogens with zero attached hydrogens (tertiary/aromatic N) is 1. The van der Waals surface area contributed by atoms with Crippen LogP contribution in [-0.4, -0.2) is 33.3 Å². The zero-order valence-electron chi connectivity index (χ0n) is 8.35. The van der Waals surface area contributed by atoms with Crippen molar-refractivity contribution in [1.82, 2.24) is 15.5 Å². The fourth-order valence-electron chi connectivity index (χ4n) is 0.825. The average Bonchev–Trinajstić information content (AvgIpc) is 2.21. The van der Waals surface area contributed by atoms with Gasteiger partial charge in [-0.3, -0.25) is 14.9 Å². The van der Waals surface area contributed by atoms with Gasteiger partial charge >= 0.3 is 12.0 Å². The van der Waals surface area contributed by atoms with E-state index in [-0.39, 0.29) is 5.82 Å². The molecule has 1 aromatic rings. The van der Waals surface area contributed by atoms with Crippen LogP contribution in [0, 0.1) is 0 Å². The standard InChI is InChI=1S/C8H10N4O4/c1-4(7(14)15)9-8(16)10-5-2-3-6(13)12-11-5/h2-4H,1H3,(H,12,13)(H,14,15)(H2,9,10,11,16). The molecule has 0 radical (unpaired) electrons. The number of carbonyl (C=O) groups excluding carboxylic acids is 1. The molecular formula is C8H10N4O4. The predicted octanol–water partition coefficient (Wildman–Crippen LogP) is -0.635. The van der Waals surface area contributed by atoms with Crippen LogP contribution in [0.15, 0.2) is 16.9 Å². The molecule has 0 aliphatic heterocycles. The van der Waals surface area contributed by atoms with Crippen LogP contribution in [0.25, 0.3) is 0 Å². The van der Waals surface area contributed by atoms with Gasteiger partial charge in [-0.15, -0.1) is 0 Å². The molecule has 0 aliphatic carbocycles. The second-order valence-corrected chi connectivity index (χ2v) is 2.96. The molecule has 1 atom stereocenters. The largest absolute Gasteiger partial charge is 0.480 e. The molecule has 86 valence electrons. The van der Waals surface area contributed by atoms with Gasteiger partial charge in [0, 0.05) is 6.07 Å². The van der Waals surface area contributed by atoms with Gasteiger partial charge in [0.2, 0.25) is 0 Å². The fourth-order valence-corrected chi connectivity index (χ4v) is 0.825. The summed E-state index contributed by atoms with van der Waals surface area (Å²) in [6, 6.07) is 0.754. The predicted molar refractivity (Wildman–Crippen MR) is 54.1 cm³/mol. The van der Waals surface area contributed by atoms with Gasteiger partial charge in [-0.05, 0) is 13.0 Å². The van der Waals surface area contributed by atoms with Gasteiger partial charge in [-0.1, -0.05) is 0 Å². The molecule has 8 heteroatoms. The first kappa shape index (κ1) is 11.7. The normalized spacial score (nSPS) is 11.6. The lowest BCUT2D eigenvalue weighted by Crippen LogP contribution is -2.41. The van der Waals surface area contributed by atoms with Crippen LogP contribution in [0.5, 0.6) is 0 Å². The Morgan fingerprint density at radius 1 is 1.50 bits per heavy atom. The van der Waals surface area contributed by atoms with Gasteiger partial charge in [0.25, 0.3) is 5.56 Å². The number of nitrogens with one attached hydrogen (secondary N) is 3. The summed E-state index contributed by atoms with van der Waals surface area (Å²) in [6.07, 6.45) is 0. The summed E-state index contributed by atoms with van der Waals surface area (Å²) in [5.74, 6) is -1.03. The molecule has 0 saturated carbocycles. The number of carboxylic acids is 1. The molecule has 8 nitrogen and oxygen atoms in total. The number of aromatic amines is 1. The minimum Gasteiger partial charge on any atom is -0.480 e. The third-order valence-corrected chi connectivity index (χ3v) is 1.64. The van der Waals surface area contributed by atoms with Crippen molar-refractivity contribution in [2.75, 3.05) is 5.32 Å². The Balaban J connectivity index is 2.55. The van der Waals surface area contributed by atoms with E-state index in [0.717, 1.165) is 0 Å². The number of urea groups is 1. The topological polar surface area (TPSA) is 124 Å². The summed E-state index contributed by atoms with van der Waals surface area (Å²) in [7, 11) is 0. The van der Waals surface area contributed by atoms with E-state index in [0.29, 0.717) is 0 Å². The molecule has 1 unspecified atom stereocenters. The summed E-state index contributed by atoms with van der Waals surface area (Å²) >= 11 is 0. The average molecular weight is 226 g/mol. The Labute approximate surface area is 89.7 Å². The summed E-state index contributed by atoms with van der Waals surface area (Å²) in [5.41, 5.74) is -0.398. The number of anilines is 1. The highest BCUT2D eigenvalue weighted by molar-refractivity contribution is 5.91. The first-order valence-electron chi connectivity index (χ1n) is 4.35. The SMILES string of the molecule is CC(NC(=O)Nc1ccc(=O)[nH]n1)C(=O)O. The van der Waals surface area contributed by atoms with Crippen molar-refractivity contribution >= 4 is 17.8 Å². The highest BCUT2D eigenvalue weighted by atomic mass is 16.4. The molecule has 0 aliphatic rings. The summed E-state index contributed by atoms with van der Waals surface area (Å²) < 4.78 is 0. The number of aliphatic carboxylic acids is 1. The van der Waals surface area contributed by atoms with Crippen LogP contribution in [0.2, 0.25) is 0 Å². The number of aromatic nitrogens is 2. The van der Waals surface area contributed by atoms with Gasteiger partial charge in [-0.2, -0.15) is 5.10 Å². The van der Waals surface area contributed by atoms with Crippen LogP contribution in [-0.2, 0) is 4.79 Å². The number of carboxylic acid groups (broad SMARTS) is 1. The van der Waals surface area contributed by atoms with Crippen molar-refractivity contribution in [3.63, 3.8) is 0 Å². The van der Waals surface area contributed by atoms with E-state index in [9.17, 15) is 14.4 Å². The van der Waals surface area contributed by atoms with Crippen LogP contribution in [0.4, 0.5) is 10.6 Å². The molecule has 0 aromatic carbocycles. The van der Waals surface area contributed by atoms with E-state index in [4.69, 9.17) is 5.11 Å². The molecule has 16 heavy (non-hydrogen) atoms. The number of amides is 2. The number of H-pyrrole nitrogens is 1. The van der Waals surface area contributed by atoms with E-state index >= 15 is 0 Å². The molecule has 2 amide bonds. The van der Waals surface area contributed by atoms with Crippen molar-refractivity contribution in [3.05, 3.63) is 22.5 Å². The summed E-state index contributed by atoms with van der Waals surface area (Å²) in [5, 5.41) is 18.6. The number of hydrogen-bond donors (Lipinski definition) is 4. The van der Waals surface area contributed by atoms with Gasteiger partial charge in [-0.25, -0.2) is 9.89 Å². The van der Waals surface area contributed by atoms with Crippen molar-refractivity contribution in [2.24, 2.45) is 0 Å². The molecule has 0 saturated heterocycles. The second kappa shape index (κ2) is 4.91. The molecule has 0 fully saturated rings. The number of carbonyl (C=O) groups is 2. The minimum atomic E-state index is -1.15. The van der Waals surface area contributed by atoms with E-state index in [1.165, 1.54) is 19.1 Å². The zero-order valence-corrected chi connectivity index (χ0v) is 8.35. The first-order chi connectivity index (χ1) is 7.49. The van der Waals surface area contributed by atoms with Crippen molar-refractivity contribution < 1.29 is 14.7 Å². The molecular weight excluding hydrogens is 216 g/mol. The van der Waals surface area contributed by atoms with Crippen LogP contribution >= 0.6 is 0 Å². The van der Waals surface area contributed by atoms with Gasteiger partial charge in [0.05, 0.1) is 0 Å². The Morgan fingerprint density at radius 2 is 2.19 bits per heavy atom. The van der Waals surface area contributed by atoms with Crippen molar-refractivity contribution in [3.8, 4) is 0 Å². The van der Waals surface area contributed by atoms with Crippen LogP contribution in [0.3, 0.4) is 0 Å². The summed E-state index contributed by atoms with van der Waals surface area (Å²) in [6.45, 7) is 1.32. The molecule has 4 N–H and O–H groups in total. The Kier molecular flexibility index (Phi) is 3.59. The van der Waals surface area contributed by atoms with Crippen LogP contribution in [0.1, 0.15) is 6.92 Å². The maximum absolute atomic E-state index is 11.2. The molecule has 0 bridgehead atoms. The molecule has 1 aromatic heterocycles. The maximum atomic E-state index is 11.2. The van der Waals surface area contributed by atoms with Gasteiger partial charge in [0.1, 0.15) is 6.04 Å². The van der Waals surface area contributed by atoms with E-state index in [1.807, 2.05) is 0 Å². The monoisotopic (exact) mass is 226 g/mol. The number of rotatable bonds is 3. The smallest absolute Gasteiger partial charge is 0.325 e. The van der Waals surface area contributed by atoms with E-state index in [1.54, 1.807) is 0 Å². The molecule has 1 heterocycles. The first-order valence-corrected chi connectivity index (χ1v) is 4.35. The Hall–Kier alpha value is -2.38. The van der Waals surface area contributed by atoms with Crippen molar-refractivity contribution in [2.45, 2.75) is 13.0 Å². The second-order valence-electron chi connectivity index (χ2n) is 2.96. The molecule has 0 spiro atoms. The van der Waals surface area contributed by atoms with Gasteiger partial charge < -0.3 is 10.4 Å². The summed E-state index contributed by atoms with van der Waals surface area (Å²) in [4.78, 5) is 32.3. The van der Waals surface area contributed by atoms with E-state index in [2.05, 4.69) is 20.8 Å². The van der Waals surface area contributed by atoms with Crippen LogP contribution < -0.4 is 16.2 Å². The quantitative estimate of drug-likeness (QED) is 0.546. The van der Waals surface area contributed by atoms with E-state index < -0.39 is 23.6 Å². The lowest BCUT2D eigenvalue weighted by Gasteiger charge is -2.09. The van der Waals surface area contributed by atoms with Gasteiger partial charge in [0.15, 0.2) is 5.82 Å². The molecule has 1 rings (SSSR count). The highest BCUT2D eigenvalue weighted by Gasteiger charge is 2.13. The Morgan fingerprint density at radius 3 is 2.69 bits per heavy atom. The fraction of sp³-hybridized carbons (Fsp3) is 0.250. The Bertz CT molecular complexity index is 435. The lowest BCUT2D eigenvalue weighted by atomic mass is 10.3. The number of hydrogen-bond acceptors (Lipinski definition) is 4. The maximum Gasteiger partial charge on any atom is 0.325 e. The van der Waals surface area contributed by atoms with Crippen molar-refractivity contribution in [1.29, 1.82) is 0 Å². The third kappa shape index (κ3) is 3.40. The lowest BCUT2D eigenvalue weighted by molar-refractivity contribution is -0.138. The third-order valence-electron chi connectivity index (χ3n) is 1.64. The minimum absolute atomic E-state index is 0.120. The highest BCUT2D eigenvalue weighted by Crippen LogP contribution is 1.95.